The molecular weight excluding hydrogens is 326 g/mol. The third-order valence-electron chi connectivity index (χ3n) is 3.72. The maximum atomic E-state index is 5.48. The van der Waals surface area contributed by atoms with E-state index >= 15 is 0 Å². The summed E-state index contributed by atoms with van der Waals surface area (Å²) in [6.45, 7) is 6.45. The molecule has 1 unspecified atom stereocenters. The Labute approximate surface area is 135 Å². The van der Waals surface area contributed by atoms with E-state index < -0.39 is 0 Å². The summed E-state index contributed by atoms with van der Waals surface area (Å²) < 4.78 is 6.62. The van der Waals surface area contributed by atoms with E-state index in [2.05, 4.69) is 72.3 Å². The van der Waals surface area contributed by atoms with Crippen molar-refractivity contribution in [1.82, 2.24) is 5.32 Å². The number of aryl methyl sites for hydroxylation is 1. The molecule has 2 atom stereocenters. The van der Waals surface area contributed by atoms with Crippen LogP contribution >= 0.6 is 15.9 Å². The SMILES string of the molecule is COc1ccc(C)cc1C(C)N[C@@H](C)c1ccccc1Br. The van der Waals surface area contributed by atoms with E-state index in [-0.39, 0.29) is 12.1 Å². The Morgan fingerprint density at radius 1 is 1.00 bits per heavy atom. The molecule has 112 valence electrons. The fourth-order valence-electron chi connectivity index (χ4n) is 2.57. The molecule has 0 aliphatic rings. The van der Waals surface area contributed by atoms with E-state index in [1.54, 1.807) is 7.11 Å². The number of methoxy groups -OCH3 is 1. The van der Waals surface area contributed by atoms with Gasteiger partial charge in [-0.15, -0.1) is 0 Å². The lowest BCUT2D eigenvalue weighted by molar-refractivity contribution is 0.396. The van der Waals surface area contributed by atoms with Gasteiger partial charge >= 0.3 is 0 Å². The van der Waals surface area contributed by atoms with Gasteiger partial charge in [-0.1, -0.05) is 51.8 Å². The van der Waals surface area contributed by atoms with Crippen LogP contribution in [0.4, 0.5) is 0 Å². The highest BCUT2D eigenvalue weighted by Crippen LogP contribution is 2.29. The first-order valence-electron chi connectivity index (χ1n) is 7.18. The zero-order valence-corrected chi connectivity index (χ0v) is 14.6. The minimum atomic E-state index is 0.210. The molecule has 0 amide bonds. The molecule has 3 heteroatoms. The first-order valence-corrected chi connectivity index (χ1v) is 7.97. The van der Waals surface area contributed by atoms with Gasteiger partial charge in [-0.3, -0.25) is 0 Å². The molecule has 0 radical (unpaired) electrons. The Bertz CT molecular complexity index is 612. The van der Waals surface area contributed by atoms with Crippen molar-refractivity contribution in [3.8, 4) is 5.75 Å². The van der Waals surface area contributed by atoms with Crippen LogP contribution in [0.15, 0.2) is 46.9 Å². The van der Waals surface area contributed by atoms with Crippen LogP contribution in [0.5, 0.6) is 5.75 Å². The number of ether oxygens (including phenoxy) is 1. The summed E-state index contributed by atoms with van der Waals surface area (Å²) in [7, 11) is 1.72. The molecular formula is C18H22BrNO. The highest BCUT2D eigenvalue weighted by Gasteiger charge is 2.16. The Balaban J connectivity index is 2.20. The van der Waals surface area contributed by atoms with Gasteiger partial charge in [-0.2, -0.15) is 0 Å². The van der Waals surface area contributed by atoms with Crippen molar-refractivity contribution in [3.05, 3.63) is 63.6 Å². The maximum absolute atomic E-state index is 5.48. The lowest BCUT2D eigenvalue weighted by atomic mass is 10.0. The second-order valence-electron chi connectivity index (χ2n) is 5.38. The van der Waals surface area contributed by atoms with Crippen LogP contribution in [0.1, 0.15) is 42.6 Å². The smallest absolute Gasteiger partial charge is 0.123 e. The normalized spacial score (nSPS) is 13.8. The molecule has 0 saturated heterocycles. The van der Waals surface area contributed by atoms with Crippen molar-refractivity contribution in [2.75, 3.05) is 7.11 Å². The second kappa shape index (κ2) is 7.10. The van der Waals surface area contributed by atoms with Crippen molar-refractivity contribution < 1.29 is 4.74 Å². The monoisotopic (exact) mass is 347 g/mol. The Morgan fingerprint density at radius 3 is 2.33 bits per heavy atom. The molecule has 0 aromatic heterocycles. The topological polar surface area (TPSA) is 21.3 Å². The molecule has 0 spiro atoms. The van der Waals surface area contributed by atoms with Crippen LogP contribution in [0.2, 0.25) is 0 Å². The third-order valence-corrected chi connectivity index (χ3v) is 4.45. The van der Waals surface area contributed by atoms with Crippen LogP contribution in [-0.4, -0.2) is 7.11 Å². The molecule has 2 aromatic carbocycles. The summed E-state index contributed by atoms with van der Waals surface area (Å²) in [5, 5.41) is 3.65. The summed E-state index contributed by atoms with van der Waals surface area (Å²) >= 11 is 3.62. The highest BCUT2D eigenvalue weighted by atomic mass is 79.9. The molecule has 0 saturated carbocycles. The number of nitrogens with one attached hydrogen (secondary N) is 1. The summed E-state index contributed by atoms with van der Waals surface area (Å²) in [5.41, 5.74) is 3.69. The first-order chi connectivity index (χ1) is 10.0. The molecule has 2 aromatic rings. The zero-order valence-electron chi connectivity index (χ0n) is 13.0. The van der Waals surface area contributed by atoms with Crippen molar-refractivity contribution in [2.24, 2.45) is 0 Å². The van der Waals surface area contributed by atoms with Crippen LogP contribution in [0.25, 0.3) is 0 Å². The predicted octanol–water partition coefficient (Wildman–Crippen LogP) is 5.18. The summed E-state index contributed by atoms with van der Waals surface area (Å²) in [5.74, 6) is 0.930. The summed E-state index contributed by atoms with van der Waals surface area (Å²) in [6.07, 6.45) is 0. The first kappa shape index (κ1) is 16.1. The fourth-order valence-corrected chi connectivity index (χ4v) is 3.20. The number of benzene rings is 2. The average Bonchev–Trinajstić information content (AvgIpc) is 2.47. The molecule has 2 rings (SSSR count). The average molecular weight is 348 g/mol. The zero-order chi connectivity index (χ0) is 15.4. The van der Waals surface area contributed by atoms with E-state index in [0.717, 1.165) is 10.2 Å². The molecule has 1 N–H and O–H groups in total. The number of hydrogen-bond acceptors (Lipinski definition) is 2. The van der Waals surface area contributed by atoms with Crippen LogP contribution in [0.3, 0.4) is 0 Å². The van der Waals surface area contributed by atoms with Gasteiger partial charge < -0.3 is 10.1 Å². The number of halogens is 1. The molecule has 0 heterocycles. The number of hydrogen-bond donors (Lipinski definition) is 1. The fraction of sp³-hybridized carbons (Fsp3) is 0.333. The van der Waals surface area contributed by atoms with Gasteiger partial charge in [0.15, 0.2) is 0 Å². The van der Waals surface area contributed by atoms with Gasteiger partial charge in [0.1, 0.15) is 5.75 Å². The minimum absolute atomic E-state index is 0.210. The van der Waals surface area contributed by atoms with E-state index in [9.17, 15) is 0 Å². The number of rotatable bonds is 5. The van der Waals surface area contributed by atoms with Gasteiger partial charge in [-0.25, -0.2) is 0 Å². The van der Waals surface area contributed by atoms with E-state index in [1.807, 2.05) is 12.1 Å². The molecule has 0 bridgehead atoms. The minimum Gasteiger partial charge on any atom is -0.496 e. The quantitative estimate of drug-likeness (QED) is 0.804. The largest absolute Gasteiger partial charge is 0.496 e. The van der Waals surface area contributed by atoms with E-state index in [1.165, 1.54) is 16.7 Å². The van der Waals surface area contributed by atoms with Crippen LogP contribution in [-0.2, 0) is 0 Å². The van der Waals surface area contributed by atoms with Crippen LogP contribution < -0.4 is 10.1 Å². The predicted molar refractivity (Wildman–Crippen MR) is 91.8 cm³/mol. The maximum Gasteiger partial charge on any atom is 0.123 e. The van der Waals surface area contributed by atoms with E-state index in [0.29, 0.717) is 0 Å². The summed E-state index contributed by atoms with van der Waals surface area (Å²) in [4.78, 5) is 0. The standard InChI is InChI=1S/C18H22BrNO/c1-12-9-10-18(21-4)16(11-12)14(3)20-13(2)15-7-5-6-8-17(15)19/h5-11,13-14,20H,1-4H3/t13-,14?/m0/s1. The molecule has 21 heavy (non-hydrogen) atoms. The Kier molecular flexibility index (Phi) is 5.43. The molecule has 0 fully saturated rings. The van der Waals surface area contributed by atoms with Crippen molar-refractivity contribution in [1.29, 1.82) is 0 Å². The van der Waals surface area contributed by atoms with Gasteiger partial charge in [0, 0.05) is 22.1 Å². The van der Waals surface area contributed by atoms with Crippen molar-refractivity contribution in [3.63, 3.8) is 0 Å². The molecule has 0 aliphatic heterocycles. The lowest BCUT2D eigenvalue weighted by Crippen LogP contribution is -2.23. The summed E-state index contributed by atoms with van der Waals surface area (Å²) in [6, 6.07) is 15.1. The lowest BCUT2D eigenvalue weighted by Gasteiger charge is -2.23. The van der Waals surface area contributed by atoms with Gasteiger partial charge in [0.05, 0.1) is 7.11 Å². The second-order valence-corrected chi connectivity index (χ2v) is 6.23. The van der Waals surface area contributed by atoms with Crippen molar-refractivity contribution in [2.45, 2.75) is 32.9 Å². The van der Waals surface area contributed by atoms with Gasteiger partial charge in [0.25, 0.3) is 0 Å². The molecule has 0 aliphatic carbocycles. The third kappa shape index (κ3) is 3.86. The van der Waals surface area contributed by atoms with Crippen LogP contribution in [0, 0.1) is 6.92 Å². The Hall–Kier alpha value is -1.32. The molecule has 2 nitrogen and oxygen atoms in total. The van der Waals surface area contributed by atoms with Gasteiger partial charge in [0.2, 0.25) is 0 Å². The highest BCUT2D eigenvalue weighted by molar-refractivity contribution is 9.10. The van der Waals surface area contributed by atoms with Gasteiger partial charge in [-0.05, 0) is 38.5 Å². The Morgan fingerprint density at radius 2 is 1.67 bits per heavy atom. The van der Waals surface area contributed by atoms with Crippen molar-refractivity contribution >= 4 is 15.9 Å². The van der Waals surface area contributed by atoms with E-state index in [4.69, 9.17) is 4.74 Å².